The Hall–Kier alpha value is -2.14. The molecule has 3 rings (SSSR count). The van der Waals surface area contributed by atoms with Crippen LogP contribution in [0.4, 0.5) is 5.69 Å². The van der Waals surface area contributed by atoms with Crippen LogP contribution in [0, 0.1) is 12.8 Å². The summed E-state index contributed by atoms with van der Waals surface area (Å²) in [6.45, 7) is 1.97. The lowest BCUT2D eigenvalue weighted by Gasteiger charge is -2.28. The van der Waals surface area contributed by atoms with Crippen molar-refractivity contribution in [2.75, 3.05) is 4.90 Å². The zero-order valence-electron chi connectivity index (χ0n) is 11.5. The largest absolute Gasteiger partial charge is 0.550 e. The highest BCUT2D eigenvalue weighted by Gasteiger charge is 2.42. The van der Waals surface area contributed by atoms with Gasteiger partial charge in [0.25, 0.3) is 0 Å². The van der Waals surface area contributed by atoms with Crippen molar-refractivity contribution in [1.82, 2.24) is 0 Å². The molecule has 1 aliphatic rings. The number of hydrogen-bond donors (Lipinski definition) is 0. The lowest BCUT2D eigenvalue weighted by Crippen LogP contribution is -2.36. The average molecular weight is 300 g/mol. The van der Waals surface area contributed by atoms with Crippen LogP contribution in [0.15, 0.2) is 41.8 Å². The Bertz CT molecular complexity index is 663. The monoisotopic (exact) mass is 300 g/mol. The minimum atomic E-state index is -1.17. The summed E-state index contributed by atoms with van der Waals surface area (Å²) >= 11 is 1.46. The van der Waals surface area contributed by atoms with Crippen LogP contribution < -0.4 is 10.0 Å². The van der Waals surface area contributed by atoms with Crippen molar-refractivity contribution in [1.29, 1.82) is 0 Å². The topological polar surface area (TPSA) is 60.4 Å². The number of hydrogen-bond acceptors (Lipinski definition) is 4. The summed E-state index contributed by atoms with van der Waals surface area (Å²) in [5.74, 6) is -2.15. The molecular weight excluding hydrogens is 286 g/mol. The van der Waals surface area contributed by atoms with Crippen molar-refractivity contribution < 1.29 is 14.7 Å². The number of aryl methyl sites for hydroxylation is 1. The summed E-state index contributed by atoms with van der Waals surface area (Å²) < 4.78 is 0. The first-order valence-corrected chi connectivity index (χ1v) is 7.59. The number of carbonyl (C=O) groups excluding carboxylic acids is 2. The molecule has 5 heteroatoms. The molecule has 1 aromatic carbocycles. The molecule has 0 radical (unpaired) electrons. The molecular formula is C16H14NO3S-. The van der Waals surface area contributed by atoms with Crippen molar-refractivity contribution in [3.8, 4) is 0 Å². The Morgan fingerprint density at radius 1 is 1.29 bits per heavy atom. The molecule has 108 valence electrons. The third kappa shape index (κ3) is 2.45. The predicted octanol–water partition coefficient (Wildman–Crippen LogP) is 1.90. The molecule has 2 atom stereocenters. The van der Waals surface area contributed by atoms with E-state index in [9.17, 15) is 14.7 Å². The van der Waals surface area contributed by atoms with Crippen molar-refractivity contribution in [2.45, 2.75) is 19.4 Å². The quantitative estimate of drug-likeness (QED) is 0.870. The highest BCUT2D eigenvalue weighted by Crippen LogP contribution is 2.42. The Balaban J connectivity index is 2.06. The van der Waals surface area contributed by atoms with Gasteiger partial charge >= 0.3 is 0 Å². The van der Waals surface area contributed by atoms with E-state index in [0.29, 0.717) is 0 Å². The molecule has 0 unspecified atom stereocenters. The first-order chi connectivity index (χ1) is 10.1. The van der Waals surface area contributed by atoms with Crippen LogP contribution in [0.25, 0.3) is 0 Å². The maximum Gasteiger partial charge on any atom is 0.228 e. The van der Waals surface area contributed by atoms with Crippen LogP contribution in [0.3, 0.4) is 0 Å². The number of nitrogens with zero attached hydrogens (tertiary/aromatic N) is 1. The summed E-state index contributed by atoms with van der Waals surface area (Å²) in [4.78, 5) is 26.2. The van der Waals surface area contributed by atoms with Gasteiger partial charge < -0.3 is 14.8 Å². The second-order valence-corrected chi connectivity index (χ2v) is 6.17. The molecule has 1 fully saturated rings. The molecule has 1 aromatic heterocycles. The van der Waals surface area contributed by atoms with E-state index in [1.165, 1.54) is 11.3 Å². The van der Waals surface area contributed by atoms with E-state index in [2.05, 4.69) is 0 Å². The number of carboxylic acid groups (broad SMARTS) is 1. The van der Waals surface area contributed by atoms with Gasteiger partial charge in [0.15, 0.2) is 0 Å². The predicted molar refractivity (Wildman–Crippen MR) is 78.8 cm³/mol. The zero-order chi connectivity index (χ0) is 15.0. The van der Waals surface area contributed by atoms with E-state index in [1.807, 2.05) is 48.7 Å². The van der Waals surface area contributed by atoms with Crippen LogP contribution in [0.2, 0.25) is 0 Å². The zero-order valence-corrected chi connectivity index (χ0v) is 12.3. The van der Waals surface area contributed by atoms with Crippen LogP contribution in [0.1, 0.15) is 22.9 Å². The molecule has 0 aliphatic carbocycles. The van der Waals surface area contributed by atoms with E-state index in [4.69, 9.17) is 0 Å². The Morgan fingerprint density at radius 2 is 2.00 bits per heavy atom. The number of rotatable bonds is 3. The SMILES string of the molecule is Cc1ccc(N2C(=O)C[C@@H](C(=O)[O-])[C@H]2c2cccs2)cc1. The van der Waals surface area contributed by atoms with E-state index in [0.717, 1.165) is 16.1 Å². The van der Waals surface area contributed by atoms with Crippen LogP contribution in [-0.2, 0) is 9.59 Å². The number of carboxylic acids is 1. The van der Waals surface area contributed by atoms with Gasteiger partial charge in [0, 0.05) is 28.9 Å². The molecule has 4 nitrogen and oxygen atoms in total. The van der Waals surface area contributed by atoms with E-state index >= 15 is 0 Å². The minimum absolute atomic E-state index is 0.0151. The number of carbonyl (C=O) groups is 2. The summed E-state index contributed by atoms with van der Waals surface area (Å²) in [6.07, 6.45) is -0.0151. The number of anilines is 1. The number of thiophene rings is 1. The minimum Gasteiger partial charge on any atom is -0.550 e. The molecule has 2 heterocycles. The van der Waals surface area contributed by atoms with Gasteiger partial charge in [0.2, 0.25) is 5.91 Å². The van der Waals surface area contributed by atoms with Gasteiger partial charge in [-0.05, 0) is 30.5 Å². The molecule has 1 aliphatic heterocycles. The first-order valence-electron chi connectivity index (χ1n) is 6.71. The third-order valence-corrected chi connectivity index (χ3v) is 4.72. The molecule has 0 bridgehead atoms. The van der Waals surface area contributed by atoms with Gasteiger partial charge in [-0.3, -0.25) is 4.79 Å². The van der Waals surface area contributed by atoms with Gasteiger partial charge in [-0.15, -0.1) is 11.3 Å². The highest BCUT2D eigenvalue weighted by atomic mass is 32.1. The maximum atomic E-state index is 12.3. The lowest BCUT2D eigenvalue weighted by atomic mass is 9.99. The highest BCUT2D eigenvalue weighted by molar-refractivity contribution is 7.10. The molecule has 0 spiro atoms. The van der Waals surface area contributed by atoms with E-state index < -0.39 is 17.9 Å². The molecule has 1 saturated heterocycles. The fraction of sp³-hybridized carbons (Fsp3) is 0.250. The van der Waals surface area contributed by atoms with Gasteiger partial charge in [-0.2, -0.15) is 0 Å². The molecule has 0 N–H and O–H groups in total. The van der Waals surface area contributed by atoms with E-state index in [-0.39, 0.29) is 12.3 Å². The lowest BCUT2D eigenvalue weighted by molar-refractivity contribution is -0.311. The van der Waals surface area contributed by atoms with Crippen molar-refractivity contribution in [3.05, 3.63) is 52.2 Å². The first kappa shape index (κ1) is 13.8. The van der Waals surface area contributed by atoms with Gasteiger partial charge in [-0.25, -0.2) is 0 Å². The second-order valence-electron chi connectivity index (χ2n) is 5.19. The second kappa shape index (κ2) is 5.33. The van der Waals surface area contributed by atoms with Gasteiger partial charge in [0.05, 0.1) is 6.04 Å². The fourth-order valence-electron chi connectivity index (χ4n) is 2.74. The van der Waals surface area contributed by atoms with Crippen LogP contribution >= 0.6 is 11.3 Å². The maximum absolute atomic E-state index is 12.3. The molecule has 2 aromatic rings. The third-order valence-electron chi connectivity index (χ3n) is 3.77. The van der Waals surface area contributed by atoms with Crippen molar-refractivity contribution in [2.24, 2.45) is 5.92 Å². The van der Waals surface area contributed by atoms with Crippen molar-refractivity contribution >= 4 is 28.9 Å². The normalized spacial score (nSPS) is 21.8. The van der Waals surface area contributed by atoms with Crippen molar-refractivity contribution in [3.63, 3.8) is 0 Å². The Morgan fingerprint density at radius 3 is 2.57 bits per heavy atom. The smallest absolute Gasteiger partial charge is 0.228 e. The summed E-state index contributed by atoms with van der Waals surface area (Å²) in [5.41, 5.74) is 1.82. The Kier molecular flexibility index (Phi) is 3.51. The summed E-state index contributed by atoms with van der Waals surface area (Å²) in [5, 5.41) is 13.3. The number of amides is 1. The molecule has 1 amide bonds. The molecule has 0 saturated carbocycles. The Labute approximate surface area is 126 Å². The van der Waals surface area contributed by atoms with Crippen LogP contribution in [0.5, 0.6) is 0 Å². The summed E-state index contributed by atoms with van der Waals surface area (Å²) in [6, 6.07) is 10.8. The molecule has 21 heavy (non-hydrogen) atoms. The number of aliphatic carboxylic acids is 1. The average Bonchev–Trinajstić information content (AvgIpc) is 3.07. The number of benzene rings is 1. The standard InChI is InChI=1S/C16H15NO3S/c1-10-4-6-11(7-5-10)17-14(18)9-12(16(19)20)15(17)13-3-2-8-21-13/h2-8,12,15H,9H2,1H3,(H,19,20)/p-1/t12-,15+/m1/s1. The van der Waals surface area contributed by atoms with Gasteiger partial charge in [-0.1, -0.05) is 23.8 Å². The fourth-order valence-corrected chi connectivity index (χ4v) is 3.62. The van der Waals surface area contributed by atoms with E-state index in [1.54, 1.807) is 4.90 Å². The summed E-state index contributed by atoms with van der Waals surface area (Å²) in [7, 11) is 0. The van der Waals surface area contributed by atoms with Gasteiger partial charge in [0.1, 0.15) is 0 Å². The van der Waals surface area contributed by atoms with Crippen LogP contribution in [-0.4, -0.2) is 11.9 Å².